The van der Waals surface area contributed by atoms with E-state index >= 15 is 0 Å². The number of nitrogens with zero attached hydrogens (tertiary/aromatic N) is 2. The maximum atomic E-state index is 6.02. The molecule has 3 nitrogen and oxygen atoms in total. The molecule has 114 valence electrons. The standard InChI is InChI=1S/C18H14ClN3S/c19-14-5-1-13(2-6-14)17-11-16(12-3-7-15(20)8-4-12)21-18-22(17)9-10-23-18/h1-11,17H,20H2. The van der Waals surface area contributed by atoms with Gasteiger partial charge >= 0.3 is 0 Å². The van der Waals surface area contributed by atoms with E-state index < -0.39 is 0 Å². The van der Waals surface area contributed by atoms with Gasteiger partial charge in [0.15, 0.2) is 5.17 Å². The van der Waals surface area contributed by atoms with Crippen molar-refractivity contribution in [1.82, 2.24) is 4.90 Å². The van der Waals surface area contributed by atoms with Crippen molar-refractivity contribution in [2.45, 2.75) is 6.04 Å². The summed E-state index contributed by atoms with van der Waals surface area (Å²) in [7, 11) is 0. The van der Waals surface area contributed by atoms with E-state index in [4.69, 9.17) is 22.3 Å². The van der Waals surface area contributed by atoms with Crippen LogP contribution in [0.15, 0.2) is 71.2 Å². The van der Waals surface area contributed by atoms with E-state index in [1.807, 2.05) is 36.4 Å². The zero-order valence-corrected chi connectivity index (χ0v) is 13.8. The van der Waals surface area contributed by atoms with Crippen molar-refractivity contribution in [2.75, 3.05) is 5.73 Å². The fourth-order valence-corrected chi connectivity index (χ4v) is 3.57. The van der Waals surface area contributed by atoms with Crippen LogP contribution >= 0.6 is 23.4 Å². The maximum absolute atomic E-state index is 6.02. The van der Waals surface area contributed by atoms with Gasteiger partial charge in [-0.05, 0) is 41.3 Å². The van der Waals surface area contributed by atoms with Crippen molar-refractivity contribution in [3.8, 4) is 0 Å². The smallest absolute Gasteiger partial charge is 0.173 e. The Morgan fingerprint density at radius 1 is 1.04 bits per heavy atom. The highest BCUT2D eigenvalue weighted by Crippen LogP contribution is 2.38. The molecule has 2 aromatic carbocycles. The highest BCUT2D eigenvalue weighted by Gasteiger charge is 2.28. The zero-order valence-electron chi connectivity index (χ0n) is 12.2. The highest BCUT2D eigenvalue weighted by atomic mass is 35.5. The Morgan fingerprint density at radius 3 is 2.52 bits per heavy atom. The first-order valence-electron chi connectivity index (χ1n) is 7.24. The number of anilines is 1. The fraction of sp³-hybridized carbons (Fsp3) is 0.0556. The second-order valence-corrected chi connectivity index (χ2v) is 6.68. The zero-order chi connectivity index (χ0) is 15.8. The summed E-state index contributed by atoms with van der Waals surface area (Å²) in [5, 5.41) is 3.79. The van der Waals surface area contributed by atoms with E-state index in [0.717, 1.165) is 27.1 Å². The van der Waals surface area contributed by atoms with Crippen LogP contribution in [0.2, 0.25) is 5.02 Å². The number of hydrogen-bond donors (Lipinski definition) is 1. The van der Waals surface area contributed by atoms with Crippen molar-refractivity contribution in [3.63, 3.8) is 0 Å². The van der Waals surface area contributed by atoms with E-state index in [2.05, 4.69) is 34.7 Å². The van der Waals surface area contributed by atoms with Crippen LogP contribution in [0.3, 0.4) is 0 Å². The van der Waals surface area contributed by atoms with Crippen molar-refractivity contribution in [1.29, 1.82) is 0 Å². The molecular formula is C18H14ClN3S. The lowest BCUT2D eigenvalue weighted by Crippen LogP contribution is -2.27. The van der Waals surface area contributed by atoms with Gasteiger partial charge in [0.25, 0.3) is 0 Å². The number of hydrogen-bond acceptors (Lipinski definition) is 4. The monoisotopic (exact) mass is 339 g/mol. The van der Waals surface area contributed by atoms with E-state index in [1.165, 1.54) is 5.56 Å². The average molecular weight is 340 g/mol. The van der Waals surface area contributed by atoms with Crippen LogP contribution in [0, 0.1) is 0 Å². The molecule has 0 saturated heterocycles. The second kappa shape index (κ2) is 5.80. The maximum Gasteiger partial charge on any atom is 0.173 e. The van der Waals surface area contributed by atoms with E-state index in [-0.39, 0.29) is 6.04 Å². The third kappa shape index (κ3) is 2.76. The first-order valence-corrected chi connectivity index (χ1v) is 8.50. The molecule has 2 aliphatic rings. The van der Waals surface area contributed by atoms with E-state index in [0.29, 0.717) is 0 Å². The number of aliphatic imine (C=N–C) groups is 1. The van der Waals surface area contributed by atoms with Gasteiger partial charge in [0.05, 0.1) is 11.7 Å². The molecule has 0 aliphatic carbocycles. The Hall–Kier alpha value is -2.17. The van der Waals surface area contributed by atoms with Gasteiger partial charge in [-0.1, -0.05) is 47.6 Å². The van der Waals surface area contributed by atoms with Gasteiger partial charge in [-0.15, -0.1) is 0 Å². The molecule has 0 aromatic heterocycles. The van der Waals surface area contributed by atoms with Gasteiger partial charge in [0.1, 0.15) is 0 Å². The van der Waals surface area contributed by atoms with Crippen LogP contribution in [-0.4, -0.2) is 10.1 Å². The predicted molar refractivity (Wildman–Crippen MR) is 99.0 cm³/mol. The molecule has 0 bridgehead atoms. The Kier molecular flexibility index (Phi) is 3.63. The summed E-state index contributed by atoms with van der Waals surface area (Å²) in [4.78, 5) is 6.95. The molecule has 0 radical (unpaired) electrons. The summed E-state index contributed by atoms with van der Waals surface area (Å²) in [6, 6.07) is 15.9. The minimum absolute atomic E-state index is 0.110. The van der Waals surface area contributed by atoms with Crippen LogP contribution < -0.4 is 5.73 Å². The molecule has 5 heteroatoms. The molecule has 0 fully saturated rings. The Labute approximate surface area is 144 Å². The third-order valence-electron chi connectivity index (χ3n) is 3.87. The van der Waals surface area contributed by atoms with Gasteiger partial charge in [-0.25, -0.2) is 4.99 Å². The minimum atomic E-state index is 0.110. The van der Waals surface area contributed by atoms with Gasteiger partial charge in [-0.3, -0.25) is 0 Å². The molecule has 0 amide bonds. The van der Waals surface area contributed by atoms with Crippen LogP contribution in [0.1, 0.15) is 17.2 Å². The summed E-state index contributed by atoms with van der Waals surface area (Å²) in [6.07, 6.45) is 4.24. The van der Waals surface area contributed by atoms with E-state index in [9.17, 15) is 0 Å². The first-order chi connectivity index (χ1) is 11.2. The number of thioether (sulfide) groups is 1. The fourth-order valence-electron chi connectivity index (χ4n) is 2.68. The summed E-state index contributed by atoms with van der Waals surface area (Å²) in [6.45, 7) is 0. The summed E-state index contributed by atoms with van der Waals surface area (Å²) >= 11 is 7.65. The first kappa shape index (κ1) is 14.4. The lowest BCUT2D eigenvalue weighted by Gasteiger charge is -2.30. The normalized spacial score (nSPS) is 19.3. The third-order valence-corrected chi connectivity index (χ3v) is 4.89. The average Bonchev–Trinajstić information content (AvgIpc) is 3.04. The van der Waals surface area contributed by atoms with Crippen molar-refractivity contribution in [2.24, 2.45) is 4.99 Å². The van der Waals surface area contributed by atoms with Crippen LogP contribution in [0.4, 0.5) is 5.69 Å². The molecule has 2 heterocycles. The molecule has 23 heavy (non-hydrogen) atoms. The van der Waals surface area contributed by atoms with Crippen LogP contribution in [0.5, 0.6) is 0 Å². The number of rotatable bonds is 2. The number of benzene rings is 2. The summed E-state index contributed by atoms with van der Waals surface area (Å²) in [5.74, 6) is 0. The molecule has 0 saturated carbocycles. The molecule has 4 rings (SSSR count). The Morgan fingerprint density at radius 2 is 1.78 bits per heavy atom. The molecule has 2 aromatic rings. The molecule has 1 unspecified atom stereocenters. The van der Waals surface area contributed by atoms with Crippen LogP contribution in [-0.2, 0) is 0 Å². The lowest BCUT2D eigenvalue weighted by molar-refractivity contribution is 0.491. The number of amidine groups is 1. The quantitative estimate of drug-likeness (QED) is 0.792. The van der Waals surface area contributed by atoms with Crippen molar-refractivity contribution >= 4 is 39.9 Å². The number of nitrogens with two attached hydrogens (primary N) is 1. The molecular weight excluding hydrogens is 326 g/mol. The summed E-state index contributed by atoms with van der Waals surface area (Å²) in [5.41, 5.74) is 9.75. The van der Waals surface area contributed by atoms with Gasteiger partial charge < -0.3 is 10.6 Å². The predicted octanol–water partition coefficient (Wildman–Crippen LogP) is 4.89. The number of nitrogen functional groups attached to an aromatic ring is 1. The molecule has 2 N–H and O–H groups in total. The van der Waals surface area contributed by atoms with Gasteiger partial charge in [0.2, 0.25) is 0 Å². The number of halogens is 1. The van der Waals surface area contributed by atoms with Crippen molar-refractivity contribution < 1.29 is 0 Å². The lowest BCUT2D eigenvalue weighted by atomic mass is 10.0. The van der Waals surface area contributed by atoms with E-state index in [1.54, 1.807) is 11.8 Å². The molecule has 2 aliphatic heterocycles. The largest absolute Gasteiger partial charge is 0.399 e. The molecule has 0 spiro atoms. The van der Waals surface area contributed by atoms with Gasteiger partial charge in [-0.2, -0.15) is 0 Å². The Balaban J connectivity index is 1.77. The van der Waals surface area contributed by atoms with Gasteiger partial charge in [0, 0.05) is 22.5 Å². The molecule has 1 atom stereocenters. The topological polar surface area (TPSA) is 41.6 Å². The number of fused-ring (bicyclic) bond motifs is 1. The summed E-state index contributed by atoms with van der Waals surface area (Å²) < 4.78 is 0. The Bertz CT molecular complexity index is 822. The highest BCUT2D eigenvalue weighted by molar-refractivity contribution is 8.16. The van der Waals surface area contributed by atoms with Crippen LogP contribution in [0.25, 0.3) is 5.70 Å². The van der Waals surface area contributed by atoms with Crippen molar-refractivity contribution in [3.05, 3.63) is 82.4 Å². The second-order valence-electron chi connectivity index (χ2n) is 5.37. The minimum Gasteiger partial charge on any atom is -0.399 e. The SMILES string of the molecule is Nc1ccc(C2=CC(c3ccc(Cl)cc3)N3C=CSC3=N2)cc1.